The molecule has 3 rings (SSSR count). The topological polar surface area (TPSA) is 77.4 Å². The van der Waals surface area contributed by atoms with E-state index in [4.69, 9.17) is 18.6 Å². The quantitative estimate of drug-likeness (QED) is 0.486. The number of hydrogen-bond donors (Lipinski definition) is 2. The number of aliphatic hydroxyl groups is 2. The van der Waals surface area contributed by atoms with Crippen LogP contribution in [0.5, 0.6) is 0 Å². The second kappa shape index (κ2) is 12.1. The van der Waals surface area contributed by atoms with Gasteiger partial charge < -0.3 is 28.8 Å². The molecule has 2 N–H and O–H groups in total. The van der Waals surface area contributed by atoms with Gasteiger partial charge in [-0.3, -0.25) is 0 Å². The lowest BCUT2D eigenvalue weighted by Crippen LogP contribution is -2.68. The average molecular weight is 503 g/mol. The van der Waals surface area contributed by atoms with Crippen molar-refractivity contribution in [3.63, 3.8) is 0 Å². The maximum atomic E-state index is 11.3. The Bertz CT molecular complexity index is 846. The van der Waals surface area contributed by atoms with Crippen LogP contribution in [0.15, 0.2) is 60.7 Å². The van der Waals surface area contributed by atoms with Crippen LogP contribution < -0.4 is 10.4 Å². The zero-order valence-corrected chi connectivity index (χ0v) is 22.9. The van der Waals surface area contributed by atoms with Gasteiger partial charge in [-0.25, -0.2) is 0 Å². The highest BCUT2D eigenvalue weighted by atomic mass is 28.4. The number of rotatable bonds is 10. The molecule has 7 heteroatoms. The summed E-state index contributed by atoms with van der Waals surface area (Å²) < 4.78 is 24.7. The first kappa shape index (κ1) is 28.0. The van der Waals surface area contributed by atoms with E-state index in [0.29, 0.717) is 6.61 Å². The van der Waals surface area contributed by atoms with Crippen LogP contribution in [-0.4, -0.2) is 68.6 Å². The summed E-state index contributed by atoms with van der Waals surface area (Å²) in [5, 5.41) is 24.2. The van der Waals surface area contributed by atoms with Crippen LogP contribution in [0.2, 0.25) is 5.04 Å². The second-order valence-corrected chi connectivity index (χ2v) is 14.8. The van der Waals surface area contributed by atoms with Crippen LogP contribution in [0, 0.1) is 0 Å². The van der Waals surface area contributed by atoms with Crippen molar-refractivity contribution in [1.29, 1.82) is 0 Å². The van der Waals surface area contributed by atoms with Crippen molar-refractivity contribution in [2.45, 2.75) is 89.8 Å². The molecule has 0 radical (unpaired) electrons. The van der Waals surface area contributed by atoms with Crippen LogP contribution in [0.25, 0.3) is 0 Å². The van der Waals surface area contributed by atoms with Crippen LogP contribution in [0.4, 0.5) is 0 Å². The number of benzene rings is 2. The van der Waals surface area contributed by atoms with Crippen molar-refractivity contribution in [3.05, 3.63) is 60.7 Å². The summed E-state index contributed by atoms with van der Waals surface area (Å²) in [6.45, 7) is 12.9. The third-order valence-electron chi connectivity index (χ3n) is 6.46. The molecule has 0 aromatic heterocycles. The lowest BCUT2D eigenvalue weighted by Gasteiger charge is -2.46. The largest absolute Gasteiger partial charge is 0.405 e. The summed E-state index contributed by atoms with van der Waals surface area (Å²) in [4.78, 5) is 0. The van der Waals surface area contributed by atoms with E-state index in [1.54, 1.807) is 0 Å². The monoisotopic (exact) mass is 502 g/mol. The molecule has 1 aliphatic rings. The van der Waals surface area contributed by atoms with E-state index in [9.17, 15) is 10.2 Å². The van der Waals surface area contributed by atoms with Gasteiger partial charge in [0, 0.05) is 6.61 Å². The fraction of sp³-hybridized carbons (Fsp3) is 0.571. The third kappa shape index (κ3) is 6.22. The molecule has 1 saturated heterocycles. The van der Waals surface area contributed by atoms with Crippen LogP contribution in [-0.2, 0) is 18.6 Å². The summed E-state index contributed by atoms with van der Waals surface area (Å²) in [5.41, 5.74) is 0. The van der Waals surface area contributed by atoms with Gasteiger partial charge in [0.2, 0.25) is 0 Å². The van der Waals surface area contributed by atoms with Crippen molar-refractivity contribution in [1.82, 2.24) is 0 Å². The molecule has 1 unspecified atom stereocenters. The lowest BCUT2D eigenvalue weighted by molar-refractivity contribution is -0.308. The minimum Gasteiger partial charge on any atom is -0.405 e. The molecule has 2 aromatic carbocycles. The Balaban J connectivity index is 1.95. The summed E-state index contributed by atoms with van der Waals surface area (Å²) >= 11 is 0. The molecule has 0 bridgehead atoms. The highest BCUT2D eigenvalue weighted by Crippen LogP contribution is 2.37. The maximum Gasteiger partial charge on any atom is 0.261 e. The summed E-state index contributed by atoms with van der Waals surface area (Å²) in [7, 11) is -2.82. The molecule has 1 aliphatic heterocycles. The van der Waals surface area contributed by atoms with Gasteiger partial charge in [-0.2, -0.15) is 0 Å². The predicted molar refractivity (Wildman–Crippen MR) is 140 cm³/mol. The minimum absolute atomic E-state index is 0.117. The van der Waals surface area contributed by atoms with Crippen LogP contribution in [0.3, 0.4) is 0 Å². The summed E-state index contributed by atoms with van der Waals surface area (Å²) in [6, 6.07) is 20.6. The van der Waals surface area contributed by atoms with Crippen LogP contribution >= 0.6 is 0 Å². The SMILES string of the molecule is CCCO[C@H]1[C@H](O)[C@@H](CO[Si](c2ccccc2)(c2ccccc2)C(C)(C)C)OC(O)[C@@H]1OC(C)C. The minimum atomic E-state index is -2.82. The molecular weight excluding hydrogens is 460 g/mol. The Morgan fingerprint density at radius 3 is 1.91 bits per heavy atom. The smallest absolute Gasteiger partial charge is 0.261 e. The fourth-order valence-electron chi connectivity index (χ4n) is 4.92. The summed E-state index contributed by atoms with van der Waals surface area (Å²) in [5.74, 6) is 0. The van der Waals surface area contributed by atoms with E-state index in [2.05, 4.69) is 45.0 Å². The van der Waals surface area contributed by atoms with Gasteiger partial charge >= 0.3 is 0 Å². The zero-order valence-electron chi connectivity index (χ0n) is 21.9. The van der Waals surface area contributed by atoms with Crippen LogP contribution in [0.1, 0.15) is 48.0 Å². The average Bonchev–Trinajstić information content (AvgIpc) is 2.82. The van der Waals surface area contributed by atoms with Gasteiger partial charge in [-0.15, -0.1) is 0 Å². The van der Waals surface area contributed by atoms with Gasteiger partial charge in [0.15, 0.2) is 6.29 Å². The van der Waals surface area contributed by atoms with E-state index >= 15 is 0 Å². The van der Waals surface area contributed by atoms with E-state index in [0.717, 1.165) is 16.8 Å². The van der Waals surface area contributed by atoms with Gasteiger partial charge in [0.1, 0.15) is 24.4 Å². The molecule has 2 aromatic rings. The Kier molecular flexibility index (Phi) is 9.68. The molecule has 35 heavy (non-hydrogen) atoms. The van der Waals surface area contributed by atoms with Gasteiger partial charge in [-0.1, -0.05) is 88.4 Å². The van der Waals surface area contributed by atoms with Crippen molar-refractivity contribution >= 4 is 18.7 Å². The van der Waals surface area contributed by atoms with Crippen molar-refractivity contribution in [2.24, 2.45) is 0 Å². The summed E-state index contributed by atoms with van der Waals surface area (Å²) in [6.07, 6.45) is -3.85. The Labute approximate surface area is 211 Å². The number of ether oxygens (including phenoxy) is 3. The van der Waals surface area contributed by atoms with Gasteiger partial charge in [0.05, 0.1) is 12.7 Å². The van der Waals surface area contributed by atoms with Crippen molar-refractivity contribution in [2.75, 3.05) is 13.2 Å². The van der Waals surface area contributed by atoms with E-state index in [-0.39, 0.29) is 17.7 Å². The van der Waals surface area contributed by atoms with Gasteiger partial charge in [-0.05, 0) is 35.7 Å². The molecular formula is C28H42O6Si. The van der Waals surface area contributed by atoms with E-state index < -0.39 is 39.0 Å². The molecule has 1 heterocycles. The molecule has 0 saturated carbocycles. The van der Waals surface area contributed by atoms with E-state index in [1.807, 2.05) is 57.2 Å². The Morgan fingerprint density at radius 1 is 0.914 bits per heavy atom. The number of hydrogen-bond acceptors (Lipinski definition) is 6. The maximum absolute atomic E-state index is 11.3. The second-order valence-electron chi connectivity index (χ2n) is 10.5. The first-order chi connectivity index (χ1) is 16.6. The highest BCUT2D eigenvalue weighted by Gasteiger charge is 2.52. The third-order valence-corrected chi connectivity index (χ3v) is 11.5. The first-order valence-electron chi connectivity index (χ1n) is 12.7. The predicted octanol–water partition coefficient (Wildman–Crippen LogP) is 3.23. The van der Waals surface area contributed by atoms with Crippen molar-refractivity contribution < 1.29 is 28.8 Å². The zero-order chi connectivity index (χ0) is 25.6. The fourth-order valence-corrected chi connectivity index (χ4v) is 9.49. The highest BCUT2D eigenvalue weighted by molar-refractivity contribution is 6.99. The van der Waals surface area contributed by atoms with Gasteiger partial charge in [0.25, 0.3) is 8.32 Å². The first-order valence-corrected chi connectivity index (χ1v) is 14.6. The molecule has 5 atom stereocenters. The molecule has 0 aliphatic carbocycles. The molecule has 1 fully saturated rings. The standard InChI is InChI=1S/C28H42O6Si/c1-7-18-31-25-24(29)23(34-27(30)26(25)33-20(2)3)19-32-35(28(4,5)6,21-14-10-8-11-15-21)22-16-12-9-13-17-22/h8-17,20,23-27,29-30H,7,18-19H2,1-6H3/t23-,24-,25+,26-,27?/m1/s1. The van der Waals surface area contributed by atoms with E-state index in [1.165, 1.54) is 0 Å². The molecule has 194 valence electrons. The lowest BCUT2D eigenvalue weighted by atomic mass is 9.98. The Morgan fingerprint density at radius 2 is 1.46 bits per heavy atom. The Hall–Kier alpha value is -1.58. The molecule has 0 amide bonds. The normalized spacial score (nSPS) is 25.7. The molecule has 6 nitrogen and oxygen atoms in total. The number of aliphatic hydroxyl groups excluding tert-OH is 2. The molecule has 0 spiro atoms. The van der Waals surface area contributed by atoms with Crippen molar-refractivity contribution in [3.8, 4) is 0 Å².